The highest BCUT2D eigenvalue weighted by molar-refractivity contribution is 5.99. The highest BCUT2D eigenvalue weighted by atomic mass is 16.5. The van der Waals surface area contributed by atoms with Gasteiger partial charge in [0.2, 0.25) is 5.91 Å². The monoisotopic (exact) mass is 472 g/mol. The van der Waals surface area contributed by atoms with Gasteiger partial charge >= 0.3 is 5.97 Å². The van der Waals surface area contributed by atoms with Crippen LogP contribution in [0.15, 0.2) is 66.9 Å². The maximum atomic E-state index is 12.8. The summed E-state index contributed by atoms with van der Waals surface area (Å²) < 4.78 is 5.59. The summed E-state index contributed by atoms with van der Waals surface area (Å²) in [6, 6.07) is 18.3. The molecule has 3 aromatic rings. The first-order valence-corrected chi connectivity index (χ1v) is 11.8. The number of hydrogen-bond donors (Lipinski definition) is 2. The van der Waals surface area contributed by atoms with Crippen molar-refractivity contribution in [1.82, 2.24) is 4.98 Å². The molecule has 1 aromatic heterocycles. The van der Waals surface area contributed by atoms with Gasteiger partial charge in [-0.15, -0.1) is 0 Å². The number of Topliss-reactive ketones (excluding diaryl/α,β-unsaturated/α-hetero) is 1. The number of carbonyl (C=O) groups is 3. The quantitative estimate of drug-likeness (QED) is 0.424. The Morgan fingerprint density at radius 3 is 2.37 bits per heavy atom. The molecule has 7 heteroatoms. The van der Waals surface area contributed by atoms with E-state index >= 15 is 0 Å². The van der Waals surface area contributed by atoms with E-state index in [1.54, 1.807) is 12.3 Å². The van der Waals surface area contributed by atoms with Gasteiger partial charge in [0.1, 0.15) is 11.4 Å². The molecule has 2 unspecified atom stereocenters. The lowest BCUT2D eigenvalue weighted by Gasteiger charge is -2.14. The van der Waals surface area contributed by atoms with Gasteiger partial charge in [0, 0.05) is 28.9 Å². The number of carbonyl (C=O) groups excluding carboxylic acids is 2. The van der Waals surface area contributed by atoms with Gasteiger partial charge in [-0.1, -0.05) is 42.8 Å². The minimum absolute atomic E-state index is 0.138. The molecule has 2 N–H and O–H groups in total. The number of ether oxygens (including phenoxy) is 1. The fourth-order valence-corrected chi connectivity index (χ4v) is 4.54. The zero-order chi connectivity index (χ0) is 24.8. The normalized spacial score (nSPS) is 17.1. The number of aromatic nitrogens is 1. The molecular formula is C28H28N2O5. The summed E-state index contributed by atoms with van der Waals surface area (Å²) in [6.45, 7) is 2.44. The Hall–Kier alpha value is -4.00. The Labute approximate surface area is 204 Å². The number of benzene rings is 2. The van der Waals surface area contributed by atoms with E-state index in [4.69, 9.17) is 4.74 Å². The standard InChI is InChI=1S/C28H28N2O5/c1-2-35-25-9-4-3-6-19(25)16-26(31)30-21-13-10-18(11-14-21)20-12-15-24(29-17-20)27(32)22-7-5-8-23(22)28(33)34/h3-4,6,9-15,17,22-23H,2,5,7-8,16H2,1H3,(H,30,31)(H,33,34). The van der Waals surface area contributed by atoms with Crippen molar-refractivity contribution in [2.75, 3.05) is 11.9 Å². The number of nitrogens with zero attached hydrogens (tertiary/aromatic N) is 1. The molecule has 0 spiro atoms. The van der Waals surface area contributed by atoms with Crippen LogP contribution < -0.4 is 10.1 Å². The van der Waals surface area contributed by atoms with E-state index in [9.17, 15) is 19.5 Å². The summed E-state index contributed by atoms with van der Waals surface area (Å²) in [5, 5.41) is 12.3. The van der Waals surface area contributed by atoms with E-state index in [-0.39, 0.29) is 18.1 Å². The van der Waals surface area contributed by atoms with Gasteiger partial charge in [-0.25, -0.2) is 0 Å². The maximum Gasteiger partial charge on any atom is 0.307 e. The van der Waals surface area contributed by atoms with Gasteiger partial charge < -0.3 is 15.2 Å². The number of amides is 1. The van der Waals surface area contributed by atoms with Crippen molar-refractivity contribution in [3.05, 3.63) is 78.1 Å². The molecule has 2 aromatic carbocycles. The zero-order valence-corrected chi connectivity index (χ0v) is 19.6. The van der Waals surface area contributed by atoms with E-state index in [2.05, 4.69) is 10.3 Å². The van der Waals surface area contributed by atoms with Crippen LogP contribution in [0.4, 0.5) is 5.69 Å². The molecule has 0 radical (unpaired) electrons. The Kier molecular flexibility index (Phi) is 7.55. The van der Waals surface area contributed by atoms with Crippen molar-refractivity contribution >= 4 is 23.3 Å². The van der Waals surface area contributed by atoms with Crippen LogP contribution in [0.25, 0.3) is 11.1 Å². The van der Waals surface area contributed by atoms with Crippen LogP contribution in [0, 0.1) is 11.8 Å². The molecule has 35 heavy (non-hydrogen) atoms. The molecule has 2 atom stereocenters. The minimum Gasteiger partial charge on any atom is -0.494 e. The van der Waals surface area contributed by atoms with Gasteiger partial charge in [0.05, 0.1) is 18.9 Å². The molecule has 1 heterocycles. The summed E-state index contributed by atoms with van der Waals surface area (Å²) in [5.74, 6) is -1.68. The van der Waals surface area contributed by atoms with E-state index in [1.165, 1.54) is 0 Å². The summed E-state index contributed by atoms with van der Waals surface area (Å²) >= 11 is 0. The molecular weight excluding hydrogens is 444 g/mol. The smallest absolute Gasteiger partial charge is 0.307 e. The second-order valence-corrected chi connectivity index (χ2v) is 8.62. The number of nitrogens with one attached hydrogen (secondary N) is 1. The average Bonchev–Trinajstić information content (AvgIpc) is 3.36. The molecule has 180 valence electrons. The van der Waals surface area contributed by atoms with Gasteiger partial charge in [0.15, 0.2) is 5.78 Å². The van der Waals surface area contributed by atoms with Gasteiger partial charge in [-0.3, -0.25) is 19.4 Å². The van der Waals surface area contributed by atoms with E-state index < -0.39 is 17.8 Å². The summed E-state index contributed by atoms with van der Waals surface area (Å²) in [5.41, 5.74) is 3.51. The third-order valence-corrected chi connectivity index (χ3v) is 6.31. The van der Waals surface area contributed by atoms with Crippen molar-refractivity contribution < 1.29 is 24.2 Å². The predicted molar refractivity (Wildman–Crippen MR) is 132 cm³/mol. The fourth-order valence-electron chi connectivity index (χ4n) is 4.54. The number of hydrogen-bond acceptors (Lipinski definition) is 5. The molecule has 1 aliphatic rings. The van der Waals surface area contributed by atoms with Gasteiger partial charge in [-0.05, 0) is 49.6 Å². The van der Waals surface area contributed by atoms with Crippen LogP contribution in [0.5, 0.6) is 5.75 Å². The Balaban J connectivity index is 1.38. The van der Waals surface area contributed by atoms with Crippen molar-refractivity contribution in [2.45, 2.75) is 32.6 Å². The molecule has 0 bridgehead atoms. The third-order valence-electron chi connectivity index (χ3n) is 6.31. The van der Waals surface area contributed by atoms with Gasteiger partial charge in [0.25, 0.3) is 0 Å². The van der Waals surface area contributed by atoms with Crippen LogP contribution in [-0.4, -0.2) is 34.4 Å². The minimum atomic E-state index is -0.914. The summed E-state index contributed by atoms with van der Waals surface area (Å²) in [6.07, 6.45) is 3.69. The first-order valence-electron chi connectivity index (χ1n) is 11.8. The molecule has 0 aliphatic heterocycles. The lowest BCUT2D eigenvalue weighted by atomic mass is 9.90. The first kappa shape index (κ1) is 24.1. The number of pyridine rings is 1. The number of aliphatic carboxylic acids is 1. The predicted octanol–water partition coefficient (Wildman–Crippen LogP) is 5.01. The SMILES string of the molecule is CCOc1ccccc1CC(=O)Nc1ccc(-c2ccc(C(=O)C3CCCC3C(=O)O)nc2)cc1. The van der Waals surface area contributed by atoms with Crippen molar-refractivity contribution in [3.63, 3.8) is 0 Å². The molecule has 4 rings (SSSR count). The fraction of sp³-hybridized carbons (Fsp3) is 0.286. The zero-order valence-electron chi connectivity index (χ0n) is 19.6. The van der Waals surface area contributed by atoms with Crippen LogP contribution in [0.2, 0.25) is 0 Å². The second-order valence-electron chi connectivity index (χ2n) is 8.62. The van der Waals surface area contributed by atoms with Crippen LogP contribution in [-0.2, 0) is 16.0 Å². The Bertz CT molecular complexity index is 1200. The maximum absolute atomic E-state index is 12.8. The largest absolute Gasteiger partial charge is 0.494 e. The number of para-hydroxylation sites is 1. The number of carboxylic acids is 1. The van der Waals surface area contributed by atoms with Crippen molar-refractivity contribution in [1.29, 1.82) is 0 Å². The third kappa shape index (κ3) is 5.74. The second kappa shape index (κ2) is 11.0. The Morgan fingerprint density at radius 1 is 0.971 bits per heavy atom. The van der Waals surface area contributed by atoms with E-state index in [1.807, 2.05) is 61.5 Å². The summed E-state index contributed by atoms with van der Waals surface area (Å²) in [4.78, 5) is 41.0. The van der Waals surface area contributed by atoms with E-state index in [0.29, 0.717) is 36.6 Å². The van der Waals surface area contributed by atoms with Gasteiger partial charge in [-0.2, -0.15) is 0 Å². The highest BCUT2D eigenvalue weighted by Crippen LogP contribution is 2.34. The average molecular weight is 473 g/mol. The van der Waals surface area contributed by atoms with E-state index in [0.717, 1.165) is 23.1 Å². The summed E-state index contributed by atoms with van der Waals surface area (Å²) in [7, 11) is 0. The molecule has 0 saturated heterocycles. The number of anilines is 1. The molecule has 1 aliphatic carbocycles. The lowest BCUT2D eigenvalue weighted by molar-refractivity contribution is -0.142. The topological polar surface area (TPSA) is 106 Å². The van der Waals surface area contributed by atoms with Crippen molar-refractivity contribution in [3.8, 4) is 16.9 Å². The number of ketones is 1. The highest BCUT2D eigenvalue weighted by Gasteiger charge is 2.38. The molecule has 1 fully saturated rings. The number of rotatable bonds is 9. The lowest BCUT2D eigenvalue weighted by Crippen LogP contribution is -2.25. The molecule has 1 amide bonds. The van der Waals surface area contributed by atoms with Crippen LogP contribution >= 0.6 is 0 Å². The van der Waals surface area contributed by atoms with Crippen molar-refractivity contribution in [2.24, 2.45) is 11.8 Å². The number of carboxylic acid groups (broad SMARTS) is 1. The molecule has 1 saturated carbocycles. The van der Waals surface area contributed by atoms with Crippen LogP contribution in [0.3, 0.4) is 0 Å². The Morgan fingerprint density at radius 2 is 1.69 bits per heavy atom. The molecule has 7 nitrogen and oxygen atoms in total. The first-order chi connectivity index (χ1) is 17.0. The van der Waals surface area contributed by atoms with Crippen LogP contribution in [0.1, 0.15) is 42.2 Å².